The highest BCUT2D eigenvalue weighted by atomic mass is 35.5. The Labute approximate surface area is 181 Å². The van der Waals surface area contributed by atoms with Gasteiger partial charge in [0.25, 0.3) is 5.91 Å². The van der Waals surface area contributed by atoms with Gasteiger partial charge in [-0.25, -0.2) is 4.79 Å². The topological polar surface area (TPSA) is 66.8 Å². The minimum atomic E-state index is -4.50. The number of ether oxygens (including phenoxy) is 1. The molecule has 0 bridgehead atoms. The molecule has 9 heteroatoms. The Kier molecular flexibility index (Phi) is 6.59. The Hall–Kier alpha value is -3.00. The Morgan fingerprint density at radius 2 is 1.81 bits per heavy atom. The fourth-order valence-corrected chi connectivity index (χ4v) is 3.66. The minimum absolute atomic E-state index is 0.0307. The summed E-state index contributed by atoms with van der Waals surface area (Å²) in [6.07, 6.45) is -3.17. The van der Waals surface area contributed by atoms with E-state index >= 15 is 0 Å². The zero-order valence-corrected chi connectivity index (χ0v) is 17.3. The standard InChI is InChI=1S/C22H19ClF3NO4/c1-27(20(28)15-6-4-7-16(15)21(29)30)14-9-10-19(18(23)11-14)31-12-13-5-2-3-8-17(13)22(24,25)26/h2-3,5,8-11H,4,6-7,12H2,1H3,(H,29,30). The lowest BCUT2D eigenvalue weighted by Crippen LogP contribution is -2.28. The van der Waals surface area contributed by atoms with Crippen LogP contribution in [0.15, 0.2) is 53.6 Å². The van der Waals surface area contributed by atoms with Gasteiger partial charge in [0.1, 0.15) is 12.4 Å². The van der Waals surface area contributed by atoms with Crippen LogP contribution in [0.3, 0.4) is 0 Å². The van der Waals surface area contributed by atoms with Crippen molar-refractivity contribution in [1.82, 2.24) is 0 Å². The number of benzene rings is 2. The van der Waals surface area contributed by atoms with Gasteiger partial charge in [0.15, 0.2) is 0 Å². The van der Waals surface area contributed by atoms with E-state index in [4.69, 9.17) is 16.3 Å². The second kappa shape index (κ2) is 9.01. The van der Waals surface area contributed by atoms with Crippen molar-refractivity contribution in [1.29, 1.82) is 0 Å². The smallest absolute Gasteiger partial charge is 0.416 e. The van der Waals surface area contributed by atoms with Crippen LogP contribution < -0.4 is 9.64 Å². The lowest BCUT2D eigenvalue weighted by molar-refractivity contribution is -0.138. The van der Waals surface area contributed by atoms with Crippen molar-refractivity contribution in [3.63, 3.8) is 0 Å². The molecule has 3 rings (SSSR count). The monoisotopic (exact) mass is 453 g/mol. The van der Waals surface area contributed by atoms with E-state index < -0.39 is 23.6 Å². The maximum Gasteiger partial charge on any atom is 0.416 e. The summed E-state index contributed by atoms with van der Waals surface area (Å²) in [5.74, 6) is -1.37. The van der Waals surface area contributed by atoms with Crippen LogP contribution in [0, 0.1) is 0 Å². The second-order valence-electron chi connectivity index (χ2n) is 7.04. The number of anilines is 1. The molecule has 1 aliphatic rings. The molecule has 31 heavy (non-hydrogen) atoms. The molecule has 1 N–H and O–H groups in total. The molecular formula is C22H19ClF3NO4. The summed E-state index contributed by atoms with van der Waals surface area (Å²) >= 11 is 6.22. The lowest BCUT2D eigenvalue weighted by atomic mass is 10.1. The first-order valence-corrected chi connectivity index (χ1v) is 9.78. The molecule has 1 aliphatic carbocycles. The van der Waals surface area contributed by atoms with Gasteiger partial charge in [0.2, 0.25) is 0 Å². The van der Waals surface area contributed by atoms with Crippen LogP contribution in [-0.4, -0.2) is 24.0 Å². The van der Waals surface area contributed by atoms with Gasteiger partial charge in [-0.05, 0) is 43.5 Å². The number of aliphatic carboxylic acids is 1. The molecule has 0 spiro atoms. The number of alkyl halides is 3. The van der Waals surface area contributed by atoms with Crippen molar-refractivity contribution in [2.45, 2.75) is 32.0 Å². The summed E-state index contributed by atoms with van der Waals surface area (Å²) in [4.78, 5) is 25.3. The predicted molar refractivity (Wildman–Crippen MR) is 109 cm³/mol. The van der Waals surface area contributed by atoms with Crippen molar-refractivity contribution in [2.75, 3.05) is 11.9 Å². The molecule has 0 unspecified atom stereocenters. The largest absolute Gasteiger partial charge is 0.487 e. The first-order valence-electron chi connectivity index (χ1n) is 9.40. The highest BCUT2D eigenvalue weighted by Crippen LogP contribution is 2.35. The quantitative estimate of drug-likeness (QED) is 0.630. The molecule has 164 valence electrons. The van der Waals surface area contributed by atoms with E-state index in [-0.39, 0.29) is 34.1 Å². The molecule has 0 atom stereocenters. The van der Waals surface area contributed by atoms with Crippen LogP contribution in [0.5, 0.6) is 5.75 Å². The maximum atomic E-state index is 13.1. The average Bonchev–Trinajstić information content (AvgIpc) is 3.21. The number of hydrogen-bond donors (Lipinski definition) is 1. The van der Waals surface area contributed by atoms with Crippen LogP contribution in [-0.2, 0) is 22.4 Å². The Morgan fingerprint density at radius 1 is 1.13 bits per heavy atom. The van der Waals surface area contributed by atoms with Gasteiger partial charge >= 0.3 is 12.1 Å². The Bertz CT molecular complexity index is 1050. The molecule has 0 heterocycles. The first-order chi connectivity index (χ1) is 14.6. The fraction of sp³-hybridized carbons (Fsp3) is 0.273. The summed E-state index contributed by atoms with van der Waals surface area (Å²) in [5, 5.41) is 9.36. The van der Waals surface area contributed by atoms with E-state index in [0.717, 1.165) is 6.07 Å². The molecule has 0 saturated heterocycles. The summed E-state index contributed by atoms with van der Waals surface area (Å²) in [6.45, 7) is -0.335. The fourth-order valence-electron chi connectivity index (χ4n) is 3.43. The summed E-state index contributed by atoms with van der Waals surface area (Å²) < 4.78 is 44.8. The SMILES string of the molecule is CN(C(=O)C1=C(C(=O)O)CCC1)c1ccc(OCc2ccccc2C(F)(F)F)c(Cl)c1. The van der Waals surface area contributed by atoms with Crippen LogP contribution in [0.25, 0.3) is 0 Å². The van der Waals surface area contributed by atoms with Crippen LogP contribution in [0.4, 0.5) is 18.9 Å². The van der Waals surface area contributed by atoms with Crippen molar-refractivity contribution >= 4 is 29.2 Å². The molecule has 2 aromatic rings. The van der Waals surface area contributed by atoms with Crippen LogP contribution in [0.1, 0.15) is 30.4 Å². The second-order valence-corrected chi connectivity index (χ2v) is 7.45. The predicted octanol–water partition coefficient (Wildman–Crippen LogP) is 5.47. The molecule has 0 aliphatic heterocycles. The van der Waals surface area contributed by atoms with Gasteiger partial charge < -0.3 is 14.7 Å². The molecule has 0 saturated carbocycles. The van der Waals surface area contributed by atoms with Gasteiger partial charge in [-0.1, -0.05) is 29.8 Å². The summed E-state index contributed by atoms with van der Waals surface area (Å²) in [6, 6.07) is 9.53. The summed E-state index contributed by atoms with van der Waals surface area (Å²) in [7, 11) is 1.50. The molecule has 2 aromatic carbocycles. The third kappa shape index (κ3) is 5.02. The third-order valence-corrected chi connectivity index (χ3v) is 5.34. The zero-order valence-electron chi connectivity index (χ0n) is 16.5. The van der Waals surface area contributed by atoms with Crippen molar-refractivity contribution in [3.05, 3.63) is 69.8 Å². The van der Waals surface area contributed by atoms with Gasteiger partial charge in [0, 0.05) is 29.4 Å². The number of amides is 1. The summed E-state index contributed by atoms with van der Waals surface area (Å²) in [5.41, 5.74) is -0.0347. The number of carbonyl (C=O) groups is 2. The molecule has 0 radical (unpaired) electrons. The first kappa shape index (κ1) is 22.7. The number of nitrogens with zero attached hydrogens (tertiary/aromatic N) is 1. The van der Waals surface area contributed by atoms with Gasteiger partial charge in [0.05, 0.1) is 10.6 Å². The van der Waals surface area contributed by atoms with E-state index in [1.807, 2.05) is 0 Å². The van der Waals surface area contributed by atoms with Gasteiger partial charge in [-0.2, -0.15) is 13.2 Å². The number of carbonyl (C=O) groups excluding carboxylic acids is 1. The maximum absolute atomic E-state index is 13.1. The number of halogens is 4. The highest BCUT2D eigenvalue weighted by molar-refractivity contribution is 6.32. The van der Waals surface area contributed by atoms with Crippen LogP contribution in [0.2, 0.25) is 5.02 Å². The van der Waals surface area contributed by atoms with Gasteiger partial charge in [-0.15, -0.1) is 0 Å². The molecular weight excluding hydrogens is 435 g/mol. The Balaban J connectivity index is 1.76. The van der Waals surface area contributed by atoms with E-state index in [1.54, 1.807) is 0 Å². The number of carboxylic acid groups (broad SMARTS) is 1. The number of hydrogen-bond acceptors (Lipinski definition) is 3. The van der Waals surface area contributed by atoms with E-state index in [2.05, 4.69) is 0 Å². The molecule has 0 aromatic heterocycles. The highest BCUT2D eigenvalue weighted by Gasteiger charge is 2.33. The zero-order chi connectivity index (χ0) is 22.8. The molecule has 0 fully saturated rings. The average molecular weight is 454 g/mol. The van der Waals surface area contributed by atoms with Gasteiger partial charge in [-0.3, -0.25) is 4.79 Å². The number of likely N-dealkylation sites (N-methyl/N-ethyl adjacent to an activating group) is 1. The number of rotatable bonds is 6. The minimum Gasteiger partial charge on any atom is -0.487 e. The Morgan fingerprint density at radius 3 is 2.45 bits per heavy atom. The van der Waals surface area contributed by atoms with E-state index in [0.29, 0.717) is 24.9 Å². The molecule has 5 nitrogen and oxygen atoms in total. The van der Waals surface area contributed by atoms with Crippen LogP contribution >= 0.6 is 11.6 Å². The molecule has 1 amide bonds. The normalized spacial score (nSPS) is 14.0. The van der Waals surface area contributed by atoms with Crippen molar-refractivity contribution in [3.8, 4) is 5.75 Å². The van der Waals surface area contributed by atoms with Crippen molar-refractivity contribution < 1.29 is 32.6 Å². The van der Waals surface area contributed by atoms with E-state index in [1.165, 1.54) is 48.3 Å². The lowest BCUT2D eigenvalue weighted by Gasteiger charge is -2.20. The van der Waals surface area contributed by atoms with E-state index in [9.17, 15) is 27.9 Å². The van der Waals surface area contributed by atoms with Crippen molar-refractivity contribution in [2.24, 2.45) is 0 Å². The third-order valence-electron chi connectivity index (χ3n) is 5.05. The number of carboxylic acids is 1.